The van der Waals surface area contributed by atoms with Crippen molar-refractivity contribution in [1.82, 2.24) is 20.2 Å². The number of aromatic amines is 1. The summed E-state index contributed by atoms with van der Waals surface area (Å²) in [6.45, 7) is 4.46. The lowest BCUT2D eigenvalue weighted by Crippen LogP contribution is -2.51. The number of aromatic nitrogens is 2. The lowest BCUT2D eigenvalue weighted by molar-refractivity contribution is -0.135. The van der Waals surface area contributed by atoms with E-state index in [1.54, 1.807) is 22.7 Å². The van der Waals surface area contributed by atoms with E-state index in [9.17, 15) is 9.59 Å². The van der Waals surface area contributed by atoms with Gasteiger partial charge < -0.3 is 19.9 Å². The zero-order chi connectivity index (χ0) is 25.4. The van der Waals surface area contributed by atoms with Crippen LogP contribution < -0.4 is 5.32 Å². The number of carbonyl (C=O) groups excluding carboxylic acids is 2. The highest BCUT2D eigenvalue weighted by molar-refractivity contribution is 9.10. The molecule has 188 valence electrons. The number of ether oxygens (including phenoxy) is 1. The van der Waals surface area contributed by atoms with Crippen molar-refractivity contribution in [2.75, 3.05) is 13.7 Å². The smallest absolute Gasteiger partial charge is 0.407 e. The first-order valence-corrected chi connectivity index (χ1v) is 14.4. The number of methoxy groups -OCH3 is 1. The Balaban J connectivity index is 1.34. The minimum absolute atomic E-state index is 0.0664. The van der Waals surface area contributed by atoms with Gasteiger partial charge in [-0.05, 0) is 45.8 Å². The van der Waals surface area contributed by atoms with Crippen LogP contribution in [0, 0.1) is 5.92 Å². The van der Waals surface area contributed by atoms with Gasteiger partial charge in [-0.15, -0.1) is 22.7 Å². The number of thiophene rings is 2. The number of fused-ring (bicyclic) bond motifs is 1. The average Bonchev–Trinajstić information content (AvgIpc) is 3.67. The van der Waals surface area contributed by atoms with Crippen LogP contribution in [0.4, 0.5) is 4.79 Å². The number of H-pyrrole nitrogens is 1. The highest BCUT2D eigenvalue weighted by Gasteiger charge is 2.37. The van der Waals surface area contributed by atoms with Crippen molar-refractivity contribution in [3.8, 4) is 22.4 Å². The van der Waals surface area contributed by atoms with Crippen LogP contribution in [0.15, 0.2) is 45.7 Å². The predicted molar refractivity (Wildman–Crippen MR) is 148 cm³/mol. The number of imidazole rings is 1. The van der Waals surface area contributed by atoms with Gasteiger partial charge in [0, 0.05) is 27.3 Å². The molecule has 4 aromatic rings. The summed E-state index contributed by atoms with van der Waals surface area (Å²) in [5.41, 5.74) is 4.39. The summed E-state index contributed by atoms with van der Waals surface area (Å²) in [7, 11) is 1.30. The Bertz CT molecular complexity index is 1390. The van der Waals surface area contributed by atoms with E-state index >= 15 is 0 Å². The van der Waals surface area contributed by atoms with Gasteiger partial charge in [-0.3, -0.25) is 4.79 Å². The summed E-state index contributed by atoms with van der Waals surface area (Å²) in [4.78, 5) is 35.1. The van der Waals surface area contributed by atoms with E-state index in [0.29, 0.717) is 6.54 Å². The molecule has 7 nitrogen and oxygen atoms in total. The maximum Gasteiger partial charge on any atom is 0.407 e. The molecule has 0 aliphatic carbocycles. The summed E-state index contributed by atoms with van der Waals surface area (Å²) >= 11 is 7.14. The van der Waals surface area contributed by atoms with Crippen LogP contribution in [0.1, 0.15) is 38.6 Å². The van der Waals surface area contributed by atoms with Gasteiger partial charge in [0.2, 0.25) is 5.91 Å². The van der Waals surface area contributed by atoms with Gasteiger partial charge in [-0.1, -0.05) is 38.1 Å². The molecular weight excluding hydrogens is 560 g/mol. The number of rotatable bonds is 6. The van der Waals surface area contributed by atoms with E-state index < -0.39 is 12.1 Å². The van der Waals surface area contributed by atoms with Gasteiger partial charge in [-0.2, -0.15) is 0 Å². The van der Waals surface area contributed by atoms with Crippen LogP contribution in [0.2, 0.25) is 0 Å². The first kappa shape index (κ1) is 25.0. The van der Waals surface area contributed by atoms with Crippen molar-refractivity contribution in [3.05, 3.63) is 51.5 Å². The molecule has 1 aliphatic rings. The molecule has 0 saturated carbocycles. The Morgan fingerprint density at radius 1 is 1.17 bits per heavy atom. The number of halogens is 1. The third-order valence-corrected chi connectivity index (χ3v) is 9.93. The van der Waals surface area contributed by atoms with E-state index in [2.05, 4.69) is 66.2 Å². The highest BCUT2D eigenvalue weighted by atomic mass is 79.9. The van der Waals surface area contributed by atoms with Gasteiger partial charge in [0.15, 0.2) is 0 Å². The van der Waals surface area contributed by atoms with Gasteiger partial charge in [-0.25, -0.2) is 9.78 Å². The molecule has 4 heterocycles. The van der Waals surface area contributed by atoms with Crippen LogP contribution >= 0.6 is 38.6 Å². The Morgan fingerprint density at radius 2 is 1.89 bits per heavy atom. The molecule has 1 aliphatic heterocycles. The Labute approximate surface area is 226 Å². The zero-order valence-electron chi connectivity index (χ0n) is 20.2. The van der Waals surface area contributed by atoms with Crippen LogP contribution in [0.25, 0.3) is 31.8 Å². The van der Waals surface area contributed by atoms with Crippen LogP contribution in [0.3, 0.4) is 0 Å². The molecule has 2 atom stereocenters. The highest BCUT2D eigenvalue weighted by Crippen LogP contribution is 2.42. The zero-order valence-corrected chi connectivity index (χ0v) is 23.4. The lowest BCUT2D eigenvalue weighted by Gasteiger charge is -2.30. The largest absolute Gasteiger partial charge is 0.453 e. The predicted octanol–water partition coefficient (Wildman–Crippen LogP) is 6.83. The van der Waals surface area contributed by atoms with E-state index in [1.165, 1.54) is 27.6 Å². The maximum absolute atomic E-state index is 13.4. The van der Waals surface area contributed by atoms with Crippen LogP contribution in [-0.2, 0) is 9.53 Å². The Hall–Kier alpha value is -2.69. The number of alkyl carbamates (subject to hydrolysis) is 1. The molecule has 10 heteroatoms. The molecule has 36 heavy (non-hydrogen) atoms. The van der Waals surface area contributed by atoms with E-state index in [4.69, 9.17) is 4.74 Å². The van der Waals surface area contributed by atoms with Crippen molar-refractivity contribution >= 4 is 60.0 Å². The molecular formula is C26H27BrN4O3S2. The minimum atomic E-state index is -0.646. The van der Waals surface area contributed by atoms with Gasteiger partial charge in [0.1, 0.15) is 11.9 Å². The lowest BCUT2D eigenvalue weighted by atomic mass is 10.0. The van der Waals surface area contributed by atoms with Crippen molar-refractivity contribution in [2.45, 2.75) is 38.8 Å². The SMILES string of the molecule is COC(=O)N[C@H](C(=O)N1CCCC1c1ncc(-c2ccc(-c3csc4c(Br)csc34)cc2)[nH]1)C(C)C. The fraction of sp³-hybridized carbons (Fsp3) is 0.346. The molecule has 1 saturated heterocycles. The second-order valence-corrected chi connectivity index (χ2v) is 11.8. The number of likely N-dealkylation sites (tertiary alicyclic amines) is 1. The van der Waals surface area contributed by atoms with E-state index in [0.717, 1.165) is 34.4 Å². The molecule has 1 fully saturated rings. The molecule has 0 spiro atoms. The summed E-state index contributed by atoms with van der Waals surface area (Å²) < 4.78 is 8.46. The molecule has 1 unspecified atom stereocenters. The summed E-state index contributed by atoms with van der Waals surface area (Å²) in [5, 5.41) is 7.04. The van der Waals surface area contributed by atoms with Gasteiger partial charge >= 0.3 is 6.09 Å². The van der Waals surface area contributed by atoms with Crippen molar-refractivity contribution in [2.24, 2.45) is 5.92 Å². The Kier molecular flexibility index (Phi) is 7.18. The number of amides is 2. The minimum Gasteiger partial charge on any atom is -0.453 e. The first-order valence-electron chi connectivity index (χ1n) is 11.8. The third kappa shape index (κ3) is 4.69. The number of nitrogens with one attached hydrogen (secondary N) is 2. The summed E-state index contributed by atoms with van der Waals surface area (Å²) in [6.07, 6.45) is 2.94. The molecule has 0 bridgehead atoms. The summed E-state index contributed by atoms with van der Waals surface area (Å²) in [5.74, 6) is 0.592. The number of hydrogen-bond donors (Lipinski definition) is 2. The van der Waals surface area contributed by atoms with Crippen LogP contribution in [-0.4, -0.2) is 46.6 Å². The second-order valence-electron chi connectivity index (χ2n) is 9.20. The second kappa shape index (κ2) is 10.4. The van der Waals surface area contributed by atoms with Gasteiger partial charge in [0.05, 0.1) is 34.4 Å². The average molecular weight is 588 g/mol. The monoisotopic (exact) mass is 586 g/mol. The number of nitrogens with zero attached hydrogens (tertiary/aromatic N) is 2. The standard InChI is InChI=1S/C26H27BrN4O3S2/c1-14(2)21(30-26(33)34-3)25(32)31-10-4-5-20(31)24-28-11-19(29-24)16-8-6-15(7-9-16)17-12-35-23-18(27)13-36-22(17)23/h6-9,11-14,20-21H,4-5,10H2,1-3H3,(H,28,29)(H,30,33)/t20?,21-/m0/s1. The maximum atomic E-state index is 13.4. The third-order valence-electron chi connectivity index (χ3n) is 6.59. The fourth-order valence-electron chi connectivity index (χ4n) is 4.67. The number of hydrogen-bond acceptors (Lipinski definition) is 6. The van der Waals surface area contributed by atoms with E-state index in [1.807, 2.05) is 24.9 Å². The quantitative estimate of drug-likeness (QED) is 0.259. The number of benzene rings is 1. The molecule has 3 aromatic heterocycles. The van der Waals surface area contributed by atoms with Crippen molar-refractivity contribution < 1.29 is 14.3 Å². The van der Waals surface area contributed by atoms with Gasteiger partial charge in [0.25, 0.3) is 0 Å². The fourth-order valence-corrected chi connectivity index (χ4v) is 7.73. The van der Waals surface area contributed by atoms with E-state index in [-0.39, 0.29) is 17.9 Å². The van der Waals surface area contributed by atoms with Crippen molar-refractivity contribution in [1.29, 1.82) is 0 Å². The molecule has 2 amide bonds. The summed E-state index contributed by atoms with van der Waals surface area (Å²) in [6, 6.07) is 7.69. The Morgan fingerprint density at radius 3 is 2.61 bits per heavy atom. The topological polar surface area (TPSA) is 87.3 Å². The van der Waals surface area contributed by atoms with Crippen LogP contribution in [0.5, 0.6) is 0 Å². The van der Waals surface area contributed by atoms with Crippen molar-refractivity contribution in [3.63, 3.8) is 0 Å². The first-order chi connectivity index (χ1) is 17.4. The molecule has 2 N–H and O–H groups in total. The molecule has 0 radical (unpaired) electrons. The molecule has 5 rings (SSSR count). The normalized spacial score (nSPS) is 16.6. The number of carbonyl (C=O) groups is 2. The molecule has 1 aromatic carbocycles.